The topological polar surface area (TPSA) is 41.6 Å². The van der Waals surface area contributed by atoms with Gasteiger partial charge in [-0.15, -0.1) is 0 Å². The minimum Gasteiger partial charge on any atom is -0.385 e. The molecule has 1 N–H and O–H groups in total. The fraction of sp³-hybridized carbons (Fsp3) is 0.588. The average molecular weight is 308 g/mol. The molecule has 0 spiro atoms. The molecule has 2 rings (SSSR count). The molecule has 22 heavy (non-hydrogen) atoms. The van der Waals surface area contributed by atoms with E-state index < -0.39 is 0 Å². The van der Waals surface area contributed by atoms with Crippen LogP contribution in [0.5, 0.6) is 0 Å². The molecule has 1 saturated heterocycles. The number of carbonyl (C=O) groups is 1. The smallest absolute Gasteiger partial charge is 0.223 e. The summed E-state index contributed by atoms with van der Waals surface area (Å²) in [6.07, 6.45) is 2.46. The first-order valence-corrected chi connectivity index (χ1v) is 7.91. The van der Waals surface area contributed by atoms with Crippen LogP contribution in [-0.4, -0.2) is 44.2 Å². The van der Waals surface area contributed by atoms with E-state index in [1.54, 1.807) is 19.2 Å². The van der Waals surface area contributed by atoms with Crippen LogP contribution in [0.1, 0.15) is 24.8 Å². The molecule has 4 nitrogen and oxygen atoms in total. The molecule has 0 bridgehead atoms. The number of nitrogens with one attached hydrogen (secondary N) is 1. The normalized spacial score (nSPS) is 17.6. The molecule has 0 saturated carbocycles. The van der Waals surface area contributed by atoms with Crippen molar-refractivity contribution in [1.82, 2.24) is 10.2 Å². The molecule has 0 unspecified atom stereocenters. The van der Waals surface area contributed by atoms with Gasteiger partial charge in [-0.05, 0) is 49.5 Å². The summed E-state index contributed by atoms with van der Waals surface area (Å²) in [6, 6.07) is 6.36. The van der Waals surface area contributed by atoms with Crippen molar-refractivity contribution in [2.45, 2.75) is 25.8 Å². The third-order valence-corrected chi connectivity index (χ3v) is 4.04. The monoisotopic (exact) mass is 308 g/mol. The van der Waals surface area contributed by atoms with Gasteiger partial charge < -0.3 is 15.0 Å². The number of hydrogen-bond acceptors (Lipinski definition) is 3. The van der Waals surface area contributed by atoms with Crippen LogP contribution in [-0.2, 0) is 16.1 Å². The summed E-state index contributed by atoms with van der Waals surface area (Å²) >= 11 is 0. The van der Waals surface area contributed by atoms with Crippen molar-refractivity contribution in [3.05, 3.63) is 35.6 Å². The van der Waals surface area contributed by atoms with Crippen molar-refractivity contribution in [3.63, 3.8) is 0 Å². The predicted molar refractivity (Wildman–Crippen MR) is 83.9 cm³/mol. The van der Waals surface area contributed by atoms with Gasteiger partial charge in [0.25, 0.3) is 0 Å². The molecule has 1 aromatic rings. The molecule has 1 aliphatic rings. The summed E-state index contributed by atoms with van der Waals surface area (Å²) in [6.45, 7) is 3.76. The van der Waals surface area contributed by atoms with Crippen LogP contribution in [0, 0.1) is 11.7 Å². The van der Waals surface area contributed by atoms with Crippen LogP contribution >= 0.6 is 0 Å². The van der Waals surface area contributed by atoms with E-state index in [9.17, 15) is 9.18 Å². The fourth-order valence-electron chi connectivity index (χ4n) is 2.77. The highest BCUT2D eigenvalue weighted by atomic mass is 19.1. The Kier molecular flexibility index (Phi) is 6.80. The summed E-state index contributed by atoms with van der Waals surface area (Å²) in [5.41, 5.74) is 0.955. The highest BCUT2D eigenvalue weighted by Crippen LogP contribution is 2.16. The van der Waals surface area contributed by atoms with Crippen molar-refractivity contribution in [2.24, 2.45) is 5.92 Å². The summed E-state index contributed by atoms with van der Waals surface area (Å²) in [7, 11) is 1.66. The standard InChI is InChI=1S/C17H25FN2O2/c1-22-10-2-9-20(13-14-3-5-16(18)6-4-14)17(21)11-15-7-8-19-12-15/h3-6,15,19H,2,7-13H2,1H3/t15-/m0/s1. The van der Waals surface area contributed by atoms with E-state index >= 15 is 0 Å². The number of hydrogen-bond donors (Lipinski definition) is 1. The minimum atomic E-state index is -0.252. The molecule has 0 aliphatic carbocycles. The van der Waals surface area contributed by atoms with Gasteiger partial charge in [0.05, 0.1) is 0 Å². The van der Waals surface area contributed by atoms with E-state index in [2.05, 4.69) is 5.32 Å². The van der Waals surface area contributed by atoms with Gasteiger partial charge in [0.15, 0.2) is 0 Å². The number of amides is 1. The molecule has 0 radical (unpaired) electrons. The Hall–Kier alpha value is -1.46. The Bertz CT molecular complexity index is 458. The molecule has 1 heterocycles. The molecule has 1 aliphatic heterocycles. The maximum atomic E-state index is 13.0. The Morgan fingerprint density at radius 1 is 1.41 bits per heavy atom. The Balaban J connectivity index is 1.94. The first kappa shape index (κ1) is 16.9. The van der Waals surface area contributed by atoms with Crippen molar-refractivity contribution < 1.29 is 13.9 Å². The lowest BCUT2D eigenvalue weighted by Gasteiger charge is -2.24. The lowest BCUT2D eigenvalue weighted by atomic mass is 10.0. The number of carbonyl (C=O) groups excluding carboxylic acids is 1. The van der Waals surface area contributed by atoms with Crippen molar-refractivity contribution >= 4 is 5.91 Å². The molecule has 1 atom stereocenters. The number of nitrogens with zero attached hydrogens (tertiary/aromatic N) is 1. The van der Waals surface area contributed by atoms with Crippen molar-refractivity contribution in [3.8, 4) is 0 Å². The second-order valence-electron chi connectivity index (χ2n) is 5.85. The second-order valence-corrected chi connectivity index (χ2v) is 5.85. The van der Waals surface area contributed by atoms with Crippen LogP contribution in [0.4, 0.5) is 4.39 Å². The van der Waals surface area contributed by atoms with E-state index in [4.69, 9.17) is 4.74 Å². The lowest BCUT2D eigenvalue weighted by molar-refractivity contribution is -0.132. The van der Waals surface area contributed by atoms with E-state index in [1.807, 2.05) is 4.90 Å². The van der Waals surface area contributed by atoms with Gasteiger partial charge in [-0.25, -0.2) is 4.39 Å². The number of rotatable bonds is 8. The van der Waals surface area contributed by atoms with Gasteiger partial charge in [0.1, 0.15) is 5.82 Å². The van der Waals surface area contributed by atoms with Gasteiger partial charge in [0, 0.05) is 33.2 Å². The zero-order valence-corrected chi connectivity index (χ0v) is 13.2. The van der Waals surface area contributed by atoms with Crippen LogP contribution in [0.25, 0.3) is 0 Å². The third kappa shape index (κ3) is 5.39. The molecular weight excluding hydrogens is 283 g/mol. The number of methoxy groups -OCH3 is 1. The molecule has 1 aromatic carbocycles. The van der Waals surface area contributed by atoms with E-state index in [0.717, 1.165) is 31.5 Å². The summed E-state index contributed by atoms with van der Waals surface area (Å²) in [5, 5.41) is 3.29. The van der Waals surface area contributed by atoms with Crippen LogP contribution in [0.3, 0.4) is 0 Å². The third-order valence-electron chi connectivity index (χ3n) is 4.04. The van der Waals surface area contributed by atoms with Crippen molar-refractivity contribution in [2.75, 3.05) is 33.4 Å². The van der Waals surface area contributed by atoms with Gasteiger partial charge in [0.2, 0.25) is 5.91 Å². The second kappa shape index (κ2) is 8.86. The predicted octanol–water partition coefficient (Wildman–Crippen LogP) is 2.19. The molecule has 5 heteroatoms. The average Bonchev–Trinajstić information content (AvgIpc) is 3.01. The van der Waals surface area contributed by atoms with Crippen LogP contribution < -0.4 is 5.32 Å². The lowest BCUT2D eigenvalue weighted by Crippen LogP contribution is -2.33. The van der Waals surface area contributed by atoms with Crippen LogP contribution in [0.2, 0.25) is 0 Å². The van der Waals surface area contributed by atoms with E-state index in [0.29, 0.717) is 32.0 Å². The molecule has 1 fully saturated rings. The van der Waals surface area contributed by atoms with Crippen LogP contribution in [0.15, 0.2) is 24.3 Å². The highest BCUT2D eigenvalue weighted by molar-refractivity contribution is 5.76. The maximum Gasteiger partial charge on any atom is 0.223 e. The zero-order chi connectivity index (χ0) is 15.8. The Morgan fingerprint density at radius 3 is 2.82 bits per heavy atom. The Labute approximate surface area is 131 Å². The van der Waals surface area contributed by atoms with E-state index in [-0.39, 0.29) is 11.7 Å². The molecule has 1 amide bonds. The first-order valence-electron chi connectivity index (χ1n) is 7.91. The molecule has 122 valence electrons. The van der Waals surface area contributed by atoms with E-state index in [1.165, 1.54) is 12.1 Å². The zero-order valence-electron chi connectivity index (χ0n) is 13.2. The number of benzene rings is 1. The largest absolute Gasteiger partial charge is 0.385 e. The van der Waals surface area contributed by atoms with Gasteiger partial charge in [-0.3, -0.25) is 4.79 Å². The first-order chi connectivity index (χ1) is 10.7. The summed E-state index contributed by atoms with van der Waals surface area (Å²) < 4.78 is 18.1. The Morgan fingerprint density at radius 2 is 2.18 bits per heavy atom. The summed E-state index contributed by atoms with van der Waals surface area (Å²) in [5.74, 6) is 0.359. The number of halogens is 1. The summed E-state index contributed by atoms with van der Waals surface area (Å²) in [4.78, 5) is 14.4. The maximum absolute atomic E-state index is 13.0. The quantitative estimate of drug-likeness (QED) is 0.749. The molecule has 0 aromatic heterocycles. The van der Waals surface area contributed by atoms with Crippen molar-refractivity contribution in [1.29, 1.82) is 0 Å². The van der Waals surface area contributed by atoms with Gasteiger partial charge >= 0.3 is 0 Å². The minimum absolute atomic E-state index is 0.175. The molecular formula is C17H25FN2O2. The van der Waals surface area contributed by atoms with Gasteiger partial charge in [-0.1, -0.05) is 12.1 Å². The van der Waals surface area contributed by atoms with Gasteiger partial charge in [-0.2, -0.15) is 0 Å². The SMILES string of the molecule is COCCCN(Cc1ccc(F)cc1)C(=O)C[C@@H]1CCNC1. The fourth-order valence-corrected chi connectivity index (χ4v) is 2.77. The number of ether oxygens (including phenoxy) is 1. The highest BCUT2D eigenvalue weighted by Gasteiger charge is 2.21.